The van der Waals surface area contributed by atoms with E-state index in [1.54, 1.807) is 45.0 Å². The Morgan fingerprint density at radius 2 is 1.54 bits per heavy atom. The molecular weight excluding hydrogens is 668 g/mol. The fourth-order valence-electron chi connectivity index (χ4n) is 5.15. The van der Waals surface area contributed by atoms with Gasteiger partial charge in [0.05, 0.1) is 18.5 Å². The van der Waals surface area contributed by atoms with Crippen LogP contribution in [-0.4, -0.2) is 95.0 Å². The number of H-pyrrole nitrogens is 1. The molecule has 4 amide bonds. The number of amides is 4. The van der Waals surface area contributed by atoms with Crippen molar-refractivity contribution in [2.75, 3.05) is 18.4 Å². The van der Waals surface area contributed by atoms with Gasteiger partial charge in [0.2, 0.25) is 23.6 Å². The normalized spacial score (nSPS) is 15.3. The van der Waals surface area contributed by atoms with Crippen LogP contribution in [0.4, 0.5) is 5.69 Å². The van der Waals surface area contributed by atoms with Crippen molar-refractivity contribution in [2.24, 2.45) is 17.6 Å². The van der Waals surface area contributed by atoms with Crippen LogP contribution in [0.3, 0.4) is 0 Å². The smallest absolute Gasteiger partial charge is 0.295 e. The molecule has 50 heavy (non-hydrogen) atoms. The largest absolute Gasteiger partial charge is 0.391 e. The number of aliphatic hydroxyl groups excluding tert-OH is 1. The number of benzene rings is 2. The van der Waals surface area contributed by atoms with Gasteiger partial charge in [0, 0.05) is 47.9 Å². The van der Waals surface area contributed by atoms with Gasteiger partial charge in [-0.15, -0.1) is 0 Å². The van der Waals surface area contributed by atoms with E-state index in [0.717, 1.165) is 0 Å². The number of carbonyl (C=O) groups excluding carboxylic acids is 4. The highest BCUT2D eigenvalue weighted by Crippen LogP contribution is 2.28. The van der Waals surface area contributed by atoms with Crippen molar-refractivity contribution in [1.82, 2.24) is 31.2 Å². The molecule has 0 fully saturated rings. The van der Waals surface area contributed by atoms with Crippen LogP contribution in [0.1, 0.15) is 46.7 Å². The van der Waals surface area contributed by atoms with E-state index >= 15 is 0 Å². The zero-order valence-electron chi connectivity index (χ0n) is 28.8. The maximum absolute atomic E-state index is 13.6. The van der Waals surface area contributed by atoms with Gasteiger partial charge in [0.15, 0.2) is 0 Å². The van der Waals surface area contributed by atoms with Gasteiger partial charge in [-0.2, -0.15) is 8.42 Å². The Balaban J connectivity index is 1.70. The molecule has 0 spiro atoms. The number of hydrogen-bond donors (Lipinski definition) is 9. The van der Waals surface area contributed by atoms with Crippen LogP contribution < -0.4 is 32.3 Å². The molecule has 2 aromatic carbocycles. The average molecular weight is 717 g/mol. The van der Waals surface area contributed by atoms with E-state index < -0.39 is 64.0 Å². The van der Waals surface area contributed by atoms with Gasteiger partial charge in [-0.25, -0.2) is 4.98 Å². The number of aromatic amines is 1. The summed E-state index contributed by atoms with van der Waals surface area (Å²) in [6.07, 6.45) is 2.07. The molecular formula is C33H48N8O8S. The minimum Gasteiger partial charge on any atom is -0.391 e. The summed E-state index contributed by atoms with van der Waals surface area (Å²) in [6.45, 7) is 8.79. The number of imidazole rings is 1. The molecule has 17 heteroatoms. The van der Waals surface area contributed by atoms with Gasteiger partial charge in [0.25, 0.3) is 10.1 Å². The number of aromatic nitrogens is 2. The van der Waals surface area contributed by atoms with Crippen LogP contribution in [0.15, 0.2) is 53.8 Å². The van der Waals surface area contributed by atoms with E-state index in [0.29, 0.717) is 28.6 Å². The maximum atomic E-state index is 13.6. The predicted octanol–water partition coefficient (Wildman–Crippen LogP) is 0.445. The second kappa shape index (κ2) is 17.9. The molecule has 0 bridgehead atoms. The summed E-state index contributed by atoms with van der Waals surface area (Å²) in [5.41, 5.74) is 7.07. The molecule has 0 saturated heterocycles. The third-order valence-electron chi connectivity index (χ3n) is 8.39. The van der Waals surface area contributed by atoms with E-state index in [4.69, 9.17) is 5.73 Å². The van der Waals surface area contributed by atoms with E-state index in [1.165, 1.54) is 31.6 Å². The zero-order valence-corrected chi connectivity index (χ0v) is 29.6. The van der Waals surface area contributed by atoms with Crippen molar-refractivity contribution < 1.29 is 37.3 Å². The Kier molecular flexibility index (Phi) is 14.3. The molecule has 0 aliphatic rings. The molecule has 16 nitrogen and oxygen atoms in total. The Hall–Kier alpha value is -4.58. The van der Waals surface area contributed by atoms with Gasteiger partial charge in [-0.05, 0) is 30.9 Å². The van der Waals surface area contributed by atoms with E-state index in [2.05, 4.69) is 36.6 Å². The van der Waals surface area contributed by atoms with Crippen molar-refractivity contribution in [1.29, 1.82) is 0 Å². The van der Waals surface area contributed by atoms with Crippen molar-refractivity contribution in [2.45, 2.75) is 82.6 Å². The summed E-state index contributed by atoms with van der Waals surface area (Å²) in [4.78, 5) is 59.7. The second-order valence-corrected chi connectivity index (χ2v) is 14.0. The monoisotopic (exact) mass is 716 g/mol. The number of hydrogen-bond acceptors (Lipinski definition) is 10. The first-order chi connectivity index (χ1) is 23.5. The molecule has 0 aliphatic heterocycles. The van der Waals surface area contributed by atoms with Crippen molar-refractivity contribution in [3.8, 4) is 0 Å². The fraction of sp³-hybridized carbons (Fsp3) is 0.485. The van der Waals surface area contributed by atoms with E-state index in [9.17, 15) is 37.3 Å². The number of anilines is 1. The Morgan fingerprint density at radius 3 is 2.14 bits per heavy atom. The van der Waals surface area contributed by atoms with Crippen molar-refractivity contribution >= 4 is 50.2 Å². The fourth-order valence-corrected chi connectivity index (χ4v) is 5.86. The highest BCUT2D eigenvalue weighted by atomic mass is 32.2. The lowest BCUT2D eigenvalue weighted by molar-refractivity contribution is -0.135. The Labute approximate surface area is 291 Å². The summed E-state index contributed by atoms with van der Waals surface area (Å²) in [7, 11) is -4.45. The summed E-state index contributed by atoms with van der Waals surface area (Å²) in [6, 6.07) is 4.90. The van der Waals surface area contributed by atoms with E-state index in [1.807, 2.05) is 6.92 Å². The van der Waals surface area contributed by atoms with Crippen LogP contribution in [0.5, 0.6) is 0 Å². The summed E-state index contributed by atoms with van der Waals surface area (Å²) < 4.78 is 33.2. The average Bonchev–Trinajstić information content (AvgIpc) is 3.58. The van der Waals surface area contributed by atoms with Crippen LogP contribution in [-0.2, 0) is 35.7 Å². The minimum absolute atomic E-state index is 0.0351. The molecule has 274 valence electrons. The standard InChI is InChI=1S/C33H48N8O8S/c1-6-19(4)28(40-31(44)27(34)18(2)3)33(46)39-25(15-21-16-35-17-38-21)30(43)41-29(20(5)42)32(45)37-14-13-36-24-11-7-10-23-22(24)9-8-12-26(23)50(47,48)49/h7-12,16-20,25,27-29,36,42H,6,13-15,34H2,1-5H3,(H,35,38)(H,37,45)(H,39,46)(H,40,44)(H,41,43)(H,47,48,49)/t19-,20-,25-,27-,28-,29-/m0/s1. The lowest BCUT2D eigenvalue weighted by Gasteiger charge is -2.29. The maximum Gasteiger partial charge on any atom is 0.295 e. The highest BCUT2D eigenvalue weighted by Gasteiger charge is 2.34. The van der Waals surface area contributed by atoms with Gasteiger partial charge >= 0.3 is 0 Å². The molecule has 3 rings (SSSR count). The van der Waals surface area contributed by atoms with Gasteiger partial charge in [0.1, 0.15) is 23.0 Å². The van der Waals surface area contributed by atoms with Gasteiger partial charge in [-0.1, -0.05) is 58.4 Å². The molecule has 1 heterocycles. The third-order valence-corrected chi connectivity index (χ3v) is 9.30. The Morgan fingerprint density at radius 1 is 0.880 bits per heavy atom. The number of fused-ring (bicyclic) bond motifs is 1. The first-order valence-electron chi connectivity index (χ1n) is 16.4. The SMILES string of the molecule is CC[C@H](C)[C@H](NC(=O)[C@@H](N)C(C)C)C(=O)N[C@@H](Cc1cnc[nH]1)C(=O)N[C@H](C(=O)NCCNc1cccc2c(S(=O)(=O)O)cccc12)[C@H](C)O. The van der Waals surface area contributed by atoms with Gasteiger partial charge < -0.3 is 42.4 Å². The number of nitrogens with two attached hydrogens (primary N) is 1. The molecule has 3 aromatic rings. The topological polar surface area (TPSA) is 258 Å². The lowest BCUT2D eigenvalue weighted by Crippen LogP contribution is -2.61. The minimum atomic E-state index is -4.45. The number of rotatable bonds is 18. The first kappa shape index (κ1) is 39.9. The molecule has 10 N–H and O–H groups in total. The highest BCUT2D eigenvalue weighted by molar-refractivity contribution is 7.86. The molecule has 1 aromatic heterocycles. The van der Waals surface area contributed by atoms with E-state index in [-0.39, 0.29) is 36.2 Å². The quantitative estimate of drug-likeness (QED) is 0.0645. The zero-order chi connectivity index (χ0) is 37.2. The molecule has 0 radical (unpaired) electrons. The van der Waals surface area contributed by atoms with Crippen LogP contribution >= 0.6 is 0 Å². The predicted molar refractivity (Wildman–Crippen MR) is 187 cm³/mol. The number of nitrogens with zero attached hydrogens (tertiary/aromatic N) is 1. The first-order valence-corrected chi connectivity index (χ1v) is 17.8. The summed E-state index contributed by atoms with van der Waals surface area (Å²) in [5.74, 6) is -3.06. The number of aliphatic hydroxyl groups is 1. The third kappa shape index (κ3) is 10.7. The summed E-state index contributed by atoms with van der Waals surface area (Å²) in [5, 5.41) is 25.0. The second-order valence-electron chi connectivity index (χ2n) is 12.6. The summed E-state index contributed by atoms with van der Waals surface area (Å²) >= 11 is 0. The lowest BCUT2D eigenvalue weighted by atomic mass is 9.96. The molecule has 0 unspecified atom stereocenters. The Bertz CT molecular complexity index is 1730. The molecule has 0 aliphatic carbocycles. The van der Waals surface area contributed by atoms with Crippen LogP contribution in [0, 0.1) is 11.8 Å². The van der Waals surface area contributed by atoms with Crippen molar-refractivity contribution in [3.63, 3.8) is 0 Å². The number of carbonyl (C=O) groups is 4. The van der Waals surface area contributed by atoms with Crippen molar-refractivity contribution in [3.05, 3.63) is 54.6 Å². The molecule has 6 atom stereocenters. The van der Waals surface area contributed by atoms with Crippen LogP contribution in [0.2, 0.25) is 0 Å². The van der Waals surface area contributed by atoms with Gasteiger partial charge in [-0.3, -0.25) is 23.7 Å². The van der Waals surface area contributed by atoms with Crippen LogP contribution in [0.25, 0.3) is 10.8 Å². The number of nitrogens with one attached hydrogen (secondary N) is 6. The molecule has 0 saturated carbocycles.